The molecule has 1 heterocycles. The second kappa shape index (κ2) is 6.94. The van der Waals surface area contributed by atoms with Crippen LogP contribution in [0.15, 0.2) is 59.1 Å². The van der Waals surface area contributed by atoms with Gasteiger partial charge in [-0.3, -0.25) is 19.8 Å². The third-order valence-corrected chi connectivity index (χ3v) is 4.16. The van der Waals surface area contributed by atoms with Gasteiger partial charge in [0, 0.05) is 10.0 Å². The smallest absolute Gasteiger partial charge is 0.265 e. The van der Waals surface area contributed by atoms with Crippen LogP contribution in [-0.2, 0) is 9.59 Å². The minimum absolute atomic E-state index is 0.00561. The summed E-state index contributed by atoms with van der Waals surface area (Å²) in [7, 11) is 0. The van der Waals surface area contributed by atoms with Crippen molar-refractivity contribution in [3.05, 3.63) is 64.6 Å². The van der Waals surface area contributed by atoms with Crippen molar-refractivity contribution < 1.29 is 14.4 Å². The molecule has 3 amide bonds. The molecule has 0 spiro atoms. The lowest BCUT2D eigenvalue weighted by Gasteiger charge is -2.15. The molecule has 7 heteroatoms. The lowest BCUT2D eigenvalue weighted by Crippen LogP contribution is -2.48. The summed E-state index contributed by atoms with van der Waals surface area (Å²) in [6.45, 7) is 0. The topological polar surface area (TPSA) is 78.5 Å². The van der Waals surface area contributed by atoms with Gasteiger partial charge in [-0.15, -0.1) is 0 Å². The van der Waals surface area contributed by atoms with Gasteiger partial charge < -0.3 is 0 Å². The fourth-order valence-electron chi connectivity index (χ4n) is 2.42. The van der Waals surface area contributed by atoms with Crippen molar-refractivity contribution >= 4 is 39.3 Å². The molecule has 1 aliphatic rings. The van der Waals surface area contributed by atoms with Crippen molar-refractivity contribution in [3.8, 4) is 0 Å². The third-order valence-electron chi connectivity index (χ3n) is 3.63. The van der Waals surface area contributed by atoms with Crippen LogP contribution in [0.2, 0.25) is 0 Å². The first-order valence-corrected chi connectivity index (χ1v) is 8.09. The van der Waals surface area contributed by atoms with Gasteiger partial charge in [-0.25, -0.2) is 10.3 Å². The van der Waals surface area contributed by atoms with Gasteiger partial charge in [0.2, 0.25) is 5.91 Å². The van der Waals surface area contributed by atoms with Gasteiger partial charge in [0.15, 0.2) is 0 Å². The van der Waals surface area contributed by atoms with Gasteiger partial charge in [0.05, 0.1) is 12.1 Å². The summed E-state index contributed by atoms with van der Waals surface area (Å²) >= 11 is 3.30. The van der Waals surface area contributed by atoms with Gasteiger partial charge in [0.25, 0.3) is 11.8 Å². The van der Waals surface area contributed by atoms with Crippen molar-refractivity contribution in [2.45, 2.75) is 12.5 Å². The zero-order valence-electron chi connectivity index (χ0n) is 12.5. The summed E-state index contributed by atoms with van der Waals surface area (Å²) in [6, 6.07) is 14.7. The van der Waals surface area contributed by atoms with Crippen LogP contribution in [-0.4, -0.2) is 23.8 Å². The number of imide groups is 1. The summed E-state index contributed by atoms with van der Waals surface area (Å²) in [4.78, 5) is 37.7. The highest BCUT2D eigenvalue weighted by molar-refractivity contribution is 9.10. The van der Waals surface area contributed by atoms with Crippen molar-refractivity contribution in [1.29, 1.82) is 0 Å². The predicted molar refractivity (Wildman–Crippen MR) is 92.1 cm³/mol. The first-order valence-electron chi connectivity index (χ1n) is 7.29. The van der Waals surface area contributed by atoms with Gasteiger partial charge in [0.1, 0.15) is 6.04 Å². The number of carbonyl (C=O) groups is 3. The van der Waals surface area contributed by atoms with Crippen LogP contribution in [0.5, 0.6) is 0 Å². The molecule has 122 valence electrons. The number of nitrogens with zero attached hydrogens (tertiary/aromatic N) is 1. The van der Waals surface area contributed by atoms with Gasteiger partial charge in [-0.05, 0) is 36.4 Å². The number of hydrazine groups is 1. The van der Waals surface area contributed by atoms with Crippen LogP contribution in [0, 0.1) is 0 Å². The fourth-order valence-corrected chi connectivity index (χ4v) is 2.68. The van der Waals surface area contributed by atoms with E-state index in [1.807, 2.05) is 6.07 Å². The van der Waals surface area contributed by atoms with E-state index in [1.54, 1.807) is 48.5 Å². The zero-order chi connectivity index (χ0) is 17.1. The van der Waals surface area contributed by atoms with E-state index >= 15 is 0 Å². The predicted octanol–water partition coefficient (Wildman–Crippen LogP) is 2.02. The highest BCUT2D eigenvalue weighted by Crippen LogP contribution is 2.22. The summed E-state index contributed by atoms with van der Waals surface area (Å²) < 4.78 is 0.863. The Hall–Kier alpha value is -2.51. The molecule has 24 heavy (non-hydrogen) atoms. The Morgan fingerprint density at radius 1 is 1.04 bits per heavy atom. The Kier molecular flexibility index (Phi) is 4.73. The number of para-hydroxylation sites is 1. The Bertz CT molecular complexity index is 777. The average molecular weight is 388 g/mol. The first kappa shape index (κ1) is 16.4. The molecule has 1 aliphatic heterocycles. The van der Waals surface area contributed by atoms with Crippen LogP contribution in [0.3, 0.4) is 0 Å². The monoisotopic (exact) mass is 387 g/mol. The molecule has 0 bridgehead atoms. The molecule has 0 aliphatic carbocycles. The number of rotatable bonds is 4. The molecule has 3 rings (SSSR count). The maximum Gasteiger partial charge on any atom is 0.265 e. The lowest BCUT2D eigenvalue weighted by molar-refractivity contribution is -0.121. The molecule has 2 aromatic carbocycles. The minimum atomic E-state index is -0.780. The van der Waals surface area contributed by atoms with E-state index in [9.17, 15) is 14.4 Å². The fraction of sp³-hybridized carbons (Fsp3) is 0.118. The van der Waals surface area contributed by atoms with Crippen molar-refractivity contribution in [2.24, 2.45) is 0 Å². The second-order valence-electron chi connectivity index (χ2n) is 5.27. The van der Waals surface area contributed by atoms with E-state index < -0.39 is 6.04 Å². The van der Waals surface area contributed by atoms with E-state index in [0.717, 1.165) is 9.37 Å². The van der Waals surface area contributed by atoms with Crippen molar-refractivity contribution in [2.75, 3.05) is 4.90 Å². The van der Waals surface area contributed by atoms with Crippen LogP contribution in [0.4, 0.5) is 5.69 Å². The molecule has 1 unspecified atom stereocenters. The number of anilines is 1. The highest BCUT2D eigenvalue weighted by Gasteiger charge is 2.39. The number of hydrogen-bond acceptors (Lipinski definition) is 4. The molecule has 2 aromatic rings. The van der Waals surface area contributed by atoms with Gasteiger partial charge in [-0.1, -0.05) is 34.1 Å². The van der Waals surface area contributed by atoms with Crippen LogP contribution >= 0.6 is 15.9 Å². The maximum absolute atomic E-state index is 12.4. The van der Waals surface area contributed by atoms with Crippen LogP contribution < -0.4 is 15.8 Å². The molecular weight excluding hydrogens is 374 g/mol. The zero-order valence-corrected chi connectivity index (χ0v) is 14.1. The SMILES string of the molecule is O=C(NNC1CC(=O)N(c2ccccc2)C1=O)c1ccc(Br)cc1. The molecule has 1 saturated heterocycles. The van der Waals surface area contributed by atoms with E-state index in [-0.39, 0.29) is 24.1 Å². The average Bonchev–Trinajstić information content (AvgIpc) is 2.88. The number of carbonyl (C=O) groups excluding carboxylic acids is 3. The van der Waals surface area contributed by atoms with E-state index in [4.69, 9.17) is 0 Å². The normalized spacial score (nSPS) is 17.2. The number of halogens is 1. The third kappa shape index (κ3) is 3.37. The van der Waals surface area contributed by atoms with E-state index in [0.29, 0.717) is 11.3 Å². The summed E-state index contributed by atoms with van der Waals surface area (Å²) in [5.41, 5.74) is 6.10. The molecule has 1 atom stereocenters. The molecule has 0 aromatic heterocycles. The molecule has 2 N–H and O–H groups in total. The maximum atomic E-state index is 12.4. The number of hydrogen-bond donors (Lipinski definition) is 2. The van der Waals surface area contributed by atoms with Crippen LogP contribution in [0.1, 0.15) is 16.8 Å². The second-order valence-corrected chi connectivity index (χ2v) is 6.18. The minimum Gasteiger partial charge on any atom is -0.287 e. The summed E-state index contributed by atoms with van der Waals surface area (Å²) in [6.07, 6.45) is -0.00561. The van der Waals surface area contributed by atoms with Crippen LogP contribution in [0.25, 0.3) is 0 Å². The van der Waals surface area contributed by atoms with E-state index in [1.165, 1.54) is 0 Å². The van der Waals surface area contributed by atoms with Gasteiger partial charge >= 0.3 is 0 Å². The largest absolute Gasteiger partial charge is 0.287 e. The molecule has 1 fully saturated rings. The van der Waals surface area contributed by atoms with Gasteiger partial charge in [-0.2, -0.15) is 0 Å². The Morgan fingerprint density at radius 3 is 2.38 bits per heavy atom. The molecule has 6 nitrogen and oxygen atoms in total. The number of amides is 3. The molecular formula is C17H14BrN3O3. The lowest BCUT2D eigenvalue weighted by atomic mass is 10.2. The molecule has 0 saturated carbocycles. The highest BCUT2D eigenvalue weighted by atomic mass is 79.9. The summed E-state index contributed by atoms with van der Waals surface area (Å²) in [5.74, 6) is -1.06. The summed E-state index contributed by atoms with van der Waals surface area (Å²) in [5, 5.41) is 0. The Labute approximate surface area is 146 Å². The van der Waals surface area contributed by atoms with Crippen molar-refractivity contribution in [1.82, 2.24) is 10.9 Å². The van der Waals surface area contributed by atoms with Crippen molar-refractivity contribution in [3.63, 3.8) is 0 Å². The Morgan fingerprint density at radius 2 is 1.71 bits per heavy atom. The molecule has 0 radical (unpaired) electrons. The number of benzene rings is 2. The Balaban J connectivity index is 1.64. The quantitative estimate of drug-likeness (QED) is 0.621. The standard InChI is InChI=1S/C17H14BrN3O3/c18-12-8-6-11(7-9-12)16(23)20-19-14-10-15(22)21(17(14)24)13-4-2-1-3-5-13/h1-9,14,19H,10H2,(H,20,23). The number of nitrogens with one attached hydrogen (secondary N) is 2. The van der Waals surface area contributed by atoms with E-state index in [2.05, 4.69) is 26.8 Å². The first-order chi connectivity index (χ1) is 11.6.